The third kappa shape index (κ3) is 4.93. The van der Waals surface area contributed by atoms with Crippen LogP contribution in [-0.2, 0) is 6.42 Å². The summed E-state index contributed by atoms with van der Waals surface area (Å²) in [5, 5.41) is 0. The molecule has 0 aliphatic heterocycles. The van der Waals surface area contributed by atoms with E-state index in [9.17, 15) is 28.2 Å². The molecule has 0 N–H and O–H groups in total. The maximum atomic E-state index is 14.5. The van der Waals surface area contributed by atoms with Gasteiger partial charge in [0.25, 0.3) is 0 Å². The van der Waals surface area contributed by atoms with Gasteiger partial charge in [-0.15, -0.1) is 0 Å². The van der Waals surface area contributed by atoms with Gasteiger partial charge in [0.15, 0.2) is 0 Å². The molecule has 0 aromatic heterocycles. The smallest absolute Gasteiger partial charge is 0.206 e. The molecule has 0 radical (unpaired) electrons. The van der Waals surface area contributed by atoms with Crippen molar-refractivity contribution >= 4 is 10.2 Å². The van der Waals surface area contributed by atoms with Gasteiger partial charge in [-0.25, -0.2) is 8.78 Å². The Bertz CT molecular complexity index is 1000. The molecule has 0 heterocycles. The van der Waals surface area contributed by atoms with E-state index in [2.05, 4.69) is 0 Å². The minimum absolute atomic E-state index is 0.0161. The lowest BCUT2D eigenvalue weighted by atomic mass is 9.92. The first-order valence-corrected chi connectivity index (χ1v) is 10.6. The van der Waals surface area contributed by atoms with Crippen molar-refractivity contribution < 1.29 is 28.2 Å². The fourth-order valence-electron chi connectivity index (χ4n) is 3.15. The molecule has 0 fully saturated rings. The van der Waals surface area contributed by atoms with Crippen LogP contribution >= 0.6 is 10.2 Å². The average Bonchev–Trinajstić information content (AvgIpc) is 2.60. The van der Waals surface area contributed by atoms with Crippen LogP contribution in [0, 0.1) is 11.6 Å². The number of hydrogen-bond donors (Lipinski definition) is 0. The van der Waals surface area contributed by atoms with Gasteiger partial charge >= 0.3 is 10.2 Å². The summed E-state index contributed by atoms with van der Waals surface area (Å²) in [6.07, 6.45) is 0.348. The third-order valence-corrected chi connectivity index (χ3v) is 5.76. The van der Waals surface area contributed by atoms with E-state index in [0.29, 0.717) is 24.1 Å². The highest BCUT2D eigenvalue weighted by atomic mass is 32.5. The Balaban J connectivity index is 1.91. The summed E-state index contributed by atoms with van der Waals surface area (Å²) >= 11 is 0. The fourth-order valence-corrected chi connectivity index (χ4v) is 3.80. The van der Waals surface area contributed by atoms with E-state index < -0.39 is 32.3 Å². The Morgan fingerprint density at radius 3 is 1.76 bits per heavy atom. The van der Waals surface area contributed by atoms with E-state index in [1.54, 1.807) is 0 Å². The molecule has 0 spiro atoms. The Hall–Kier alpha value is -2.48. The predicted molar refractivity (Wildman–Crippen MR) is 102 cm³/mol. The lowest BCUT2D eigenvalue weighted by molar-refractivity contribution is 0.364. The van der Waals surface area contributed by atoms with Crippen molar-refractivity contribution in [3.8, 4) is 11.1 Å². The maximum absolute atomic E-state index is 14.5. The number of hydrogen-bond acceptors (Lipinski definition) is 0. The molecule has 0 saturated carbocycles. The first-order chi connectivity index (χ1) is 13.2. The van der Waals surface area contributed by atoms with Crippen molar-refractivity contribution in [2.75, 3.05) is 0 Å². The van der Waals surface area contributed by atoms with Gasteiger partial charge in [0, 0.05) is 0 Å². The second-order valence-electron chi connectivity index (χ2n) is 6.94. The molecule has 3 aromatic rings. The molecular formula is C21H17F7S. The van der Waals surface area contributed by atoms with Gasteiger partial charge in [-0.2, -0.15) is 0 Å². The molecule has 3 aromatic carbocycles. The SMILES string of the molecule is C[C@H](Cc1cc(F)c(-c2ccc(S(F)(F)(F)(F)F)cc2)c(F)c1)c1ccccc1. The van der Waals surface area contributed by atoms with Gasteiger partial charge in [-0.05, 0) is 53.3 Å². The molecule has 29 heavy (non-hydrogen) atoms. The second kappa shape index (κ2) is 6.52. The van der Waals surface area contributed by atoms with Gasteiger partial charge in [0.1, 0.15) is 16.5 Å². The first kappa shape index (κ1) is 21.2. The van der Waals surface area contributed by atoms with Crippen LogP contribution in [0.2, 0.25) is 0 Å². The normalized spacial score (nSPS) is 15.4. The van der Waals surface area contributed by atoms with Crippen LogP contribution in [0.5, 0.6) is 0 Å². The van der Waals surface area contributed by atoms with Gasteiger partial charge in [-0.3, -0.25) is 0 Å². The summed E-state index contributed by atoms with van der Waals surface area (Å²) in [5.74, 6) is -1.96. The largest absolute Gasteiger partial charge is 0.310 e. The summed E-state index contributed by atoms with van der Waals surface area (Å²) in [5.41, 5.74) is 0.552. The van der Waals surface area contributed by atoms with E-state index in [4.69, 9.17) is 0 Å². The molecular weight excluding hydrogens is 417 g/mol. The van der Waals surface area contributed by atoms with Crippen LogP contribution < -0.4 is 0 Å². The van der Waals surface area contributed by atoms with Crippen LogP contribution in [-0.4, -0.2) is 0 Å². The van der Waals surface area contributed by atoms with Gasteiger partial charge < -0.3 is 0 Å². The minimum Gasteiger partial charge on any atom is -0.206 e. The summed E-state index contributed by atoms with van der Waals surface area (Å²) in [7, 11) is -9.84. The van der Waals surface area contributed by atoms with E-state index in [0.717, 1.165) is 17.7 Å². The monoisotopic (exact) mass is 434 g/mol. The summed E-state index contributed by atoms with van der Waals surface area (Å²) in [6, 6.07) is 13.1. The minimum atomic E-state index is -9.84. The Morgan fingerprint density at radius 2 is 1.28 bits per heavy atom. The molecule has 0 aliphatic rings. The van der Waals surface area contributed by atoms with Crippen LogP contribution in [0.1, 0.15) is 24.0 Å². The highest BCUT2D eigenvalue weighted by Gasteiger charge is 2.65. The number of rotatable bonds is 5. The molecule has 0 bridgehead atoms. The Kier molecular flexibility index (Phi) is 4.77. The fraction of sp³-hybridized carbons (Fsp3) is 0.143. The predicted octanol–water partition coefficient (Wildman–Crippen LogP) is 8.64. The zero-order valence-electron chi connectivity index (χ0n) is 15.2. The molecule has 0 nitrogen and oxygen atoms in total. The molecule has 0 unspecified atom stereocenters. The van der Waals surface area contributed by atoms with Crippen molar-refractivity contribution in [2.24, 2.45) is 0 Å². The summed E-state index contributed by atoms with van der Waals surface area (Å²) in [6.45, 7) is 1.90. The quantitative estimate of drug-likeness (QED) is 0.353. The van der Waals surface area contributed by atoms with Crippen molar-refractivity contribution in [1.29, 1.82) is 0 Å². The first-order valence-electron chi connectivity index (χ1n) is 8.62. The maximum Gasteiger partial charge on any atom is 0.310 e. The van der Waals surface area contributed by atoms with E-state index >= 15 is 0 Å². The zero-order valence-corrected chi connectivity index (χ0v) is 16.0. The molecule has 0 aliphatic carbocycles. The highest BCUT2D eigenvalue weighted by molar-refractivity contribution is 8.45. The van der Waals surface area contributed by atoms with Crippen LogP contribution in [0.15, 0.2) is 71.6 Å². The molecule has 1 atom stereocenters. The van der Waals surface area contributed by atoms with Crippen molar-refractivity contribution in [3.63, 3.8) is 0 Å². The van der Waals surface area contributed by atoms with Crippen LogP contribution in [0.3, 0.4) is 0 Å². The van der Waals surface area contributed by atoms with Gasteiger partial charge in [0.2, 0.25) is 0 Å². The highest BCUT2D eigenvalue weighted by Crippen LogP contribution is 3.02. The number of benzene rings is 3. The lowest BCUT2D eigenvalue weighted by Crippen LogP contribution is -2.05. The zero-order chi connectivity index (χ0) is 21.5. The topological polar surface area (TPSA) is 0 Å². The molecule has 8 heteroatoms. The van der Waals surface area contributed by atoms with Crippen LogP contribution in [0.4, 0.5) is 28.2 Å². The Morgan fingerprint density at radius 1 is 0.759 bits per heavy atom. The molecule has 0 amide bonds. The van der Waals surface area contributed by atoms with E-state index in [-0.39, 0.29) is 23.6 Å². The molecule has 3 rings (SSSR count). The average molecular weight is 434 g/mol. The van der Waals surface area contributed by atoms with Crippen LogP contribution in [0.25, 0.3) is 11.1 Å². The number of halogens is 7. The second-order valence-corrected chi connectivity index (χ2v) is 9.35. The van der Waals surface area contributed by atoms with Gasteiger partial charge in [-0.1, -0.05) is 68.8 Å². The van der Waals surface area contributed by atoms with E-state index in [1.807, 2.05) is 37.3 Å². The van der Waals surface area contributed by atoms with Gasteiger partial charge in [0.05, 0.1) is 5.56 Å². The van der Waals surface area contributed by atoms with Crippen molar-refractivity contribution in [1.82, 2.24) is 0 Å². The molecule has 156 valence electrons. The van der Waals surface area contributed by atoms with E-state index in [1.165, 1.54) is 0 Å². The summed E-state index contributed by atoms with van der Waals surface area (Å²) in [4.78, 5) is -2.11. The third-order valence-electron chi connectivity index (χ3n) is 4.60. The lowest BCUT2D eigenvalue weighted by Gasteiger charge is -2.40. The molecule has 0 saturated heterocycles. The summed E-state index contributed by atoms with van der Waals surface area (Å²) < 4.78 is 93.1. The standard InChI is InChI=1S/C21H17F7S/c1-14(16-5-3-2-4-6-16)11-15-12-19(22)21(20(23)13-15)17-7-9-18(10-8-17)29(24,25,26,27)28/h2-10,12-14H,11H2,1H3/t14-/m1/s1. The Labute approximate surface area is 163 Å². The van der Waals surface area contributed by atoms with Crippen molar-refractivity contribution in [3.05, 3.63) is 89.5 Å². The van der Waals surface area contributed by atoms with Crippen molar-refractivity contribution in [2.45, 2.75) is 24.2 Å².